The number of sulfonamides is 1. The Morgan fingerprint density at radius 2 is 1.44 bits per heavy atom. The zero-order valence-electron chi connectivity index (χ0n) is 28.2. The fraction of sp³-hybridized carbons (Fsp3) is 0.316. The quantitative estimate of drug-likeness (QED) is 0.161. The van der Waals surface area contributed by atoms with Crippen LogP contribution in [0, 0.1) is 6.92 Å². The number of hydrogen-bond acceptors (Lipinski definition) is 4. The highest BCUT2D eigenvalue weighted by Gasteiger charge is 2.35. The molecule has 0 spiro atoms. The van der Waals surface area contributed by atoms with Crippen LogP contribution < -0.4 is 9.62 Å². The van der Waals surface area contributed by atoms with Gasteiger partial charge in [-0.1, -0.05) is 103 Å². The molecule has 48 heavy (non-hydrogen) atoms. The first kappa shape index (κ1) is 37.0. The maximum Gasteiger partial charge on any atom is 0.264 e. The fourth-order valence-electron chi connectivity index (χ4n) is 5.23. The summed E-state index contributed by atoms with van der Waals surface area (Å²) in [5, 5.41) is 3.68. The molecule has 1 N–H and O–H groups in total. The molecule has 1 atom stereocenters. The van der Waals surface area contributed by atoms with Crippen LogP contribution in [0.3, 0.4) is 0 Å². The highest BCUT2D eigenvalue weighted by Crippen LogP contribution is 2.28. The lowest BCUT2D eigenvalue weighted by Crippen LogP contribution is -2.56. The van der Waals surface area contributed by atoms with Crippen molar-refractivity contribution in [2.24, 2.45) is 0 Å². The minimum atomic E-state index is -4.20. The summed E-state index contributed by atoms with van der Waals surface area (Å²) in [6, 6.07) is 27.1. The molecule has 0 aromatic heterocycles. The van der Waals surface area contributed by atoms with E-state index in [0.29, 0.717) is 21.3 Å². The number of halogens is 2. The molecule has 4 rings (SSSR count). The van der Waals surface area contributed by atoms with Crippen LogP contribution in [0.5, 0.6) is 0 Å². The minimum absolute atomic E-state index is 0.0184. The Bertz CT molecular complexity index is 1820. The van der Waals surface area contributed by atoms with Gasteiger partial charge in [0, 0.05) is 18.5 Å². The third-order valence-electron chi connectivity index (χ3n) is 7.84. The molecule has 254 valence electrons. The third kappa shape index (κ3) is 9.62. The van der Waals surface area contributed by atoms with Gasteiger partial charge in [0.25, 0.3) is 10.0 Å². The van der Waals surface area contributed by atoms with Gasteiger partial charge in [-0.15, -0.1) is 0 Å². The molecule has 0 heterocycles. The van der Waals surface area contributed by atoms with Crippen molar-refractivity contribution < 1.29 is 18.0 Å². The normalized spacial score (nSPS) is 12.4. The van der Waals surface area contributed by atoms with E-state index in [-0.39, 0.29) is 29.7 Å². The summed E-state index contributed by atoms with van der Waals surface area (Å²) in [5.41, 5.74) is 3.14. The molecule has 0 fully saturated rings. The van der Waals surface area contributed by atoms with Crippen LogP contribution in [0.2, 0.25) is 10.0 Å². The molecule has 0 aliphatic heterocycles. The molecule has 0 radical (unpaired) electrons. The predicted octanol–water partition coefficient (Wildman–Crippen LogP) is 8.18. The number of rotatable bonds is 12. The van der Waals surface area contributed by atoms with Gasteiger partial charge in [0.1, 0.15) is 12.6 Å². The summed E-state index contributed by atoms with van der Waals surface area (Å²) in [7, 11) is -4.20. The van der Waals surface area contributed by atoms with Crippen molar-refractivity contribution in [3.8, 4) is 0 Å². The average Bonchev–Trinajstić information content (AvgIpc) is 3.03. The molecule has 0 saturated heterocycles. The fourth-order valence-corrected chi connectivity index (χ4v) is 6.97. The SMILES string of the molecule is Cc1ccc(S(=O)(=O)N(CC(=O)N(Cc2ccc(Cl)c(Cl)c2)[C@H](Cc2ccccc2)C(=O)NC(C)(C)C)c2ccc(C(C)C)cc2)cc1. The highest BCUT2D eigenvalue weighted by molar-refractivity contribution is 7.92. The Kier molecular flexibility index (Phi) is 12.0. The van der Waals surface area contributed by atoms with Crippen molar-refractivity contribution in [3.63, 3.8) is 0 Å². The number of carbonyl (C=O) groups excluding carboxylic acids is 2. The lowest BCUT2D eigenvalue weighted by atomic mass is 10.0. The van der Waals surface area contributed by atoms with Gasteiger partial charge in [-0.25, -0.2) is 8.42 Å². The van der Waals surface area contributed by atoms with Crippen molar-refractivity contribution in [2.75, 3.05) is 10.8 Å². The molecule has 7 nitrogen and oxygen atoms in total. The molecular formula is C38H43Cl2N3O4S. The Hall–Kier alpha value is -3.85. The Balaban J connectivity index is 1.84. The maximum absolute atomic E-state index is 14.7. The molecule has 4 aromatic rings. The summed E-state index contributed by atoms with van der Waals surface area (Å²) in [5.74, 6) is -0.701. The van der Waals surface area contributed by atoms with Crippen molar-refractivity contribution in [2.45, 2.75) is 76.9 Å². The van der Waals surface area contributed by atoms with E-state index in [9.17, 15) is 18.0 Å². The van der Waals surface area contributed by atoms with E-state index in [0.717, 1.165) is 21.0 Å². The van der Waals surface area contributed by atoms with E-state index < -0.39 is 34.1 Å². The average molecular weight is 709 g/mol. The highest BCUT2D eigenvalue weighted by atomic mass is 35.5. The van der Waals surface area contributed by atoms with E-state index in [1.807, 2.05) is 70.2 Å². The summed E-state index contributed by atoms with van der Waals surface area (Å²) >= 11 is 12.6. The largest absolute Gasteiger partial charge is 0.350 e. The Morgan fingerprint density at radius 3 is 2.00 bits per heavy atom. The van der Waals surface area contributed by atoms with Crippen molar-refractivity contribution in [3.05, 3.63) is 129 Å². The van der Waals surface area contributed by atoms with Gasteiger partial charge in [0.05, 0.1) is 20.6 Å². The number of carbonyl (C=O) groups is 2. The van der Waals surface area contributed by atoms with Gasteiger partial charge in [0.15, 0.2) is 0 Å². The second-order valence-electron chi connectivity index (χ2n) is 13.3. The second-order valence-corrected chi connectivity index (χ2v) is 16.0. The topological polar surface area (TPSA) is 86.8 Å². The number of aryl methyl sites for hydroxylation is 1. The van der Waals surface area contributed by atoms with Crippen molar-refractivity contribution in [1.29, 1.82) is 0 Å². The van der Waals surface area contributed by atoms with Crippen LogP contribution in [-0.2, 0) is 32.6 Å². The van der Waals surface area contributed by atoms with Crippen LogP contribution in [0.25, 0.3) is 0 Å². The smallest absolute Gasteiger partial charge is 0.264 e. The molecule has 0 bridgehead atoms. The summed E-state index contributed by atoms with van der Waals surface area (Å²) < 4.78 is 29.7. The molecule has 0 saturated carbocycles. The molecular weight excluding hydrogens is 665 g/mol. The molecule has 4 aromatic carbocycles. The lowest BCUT2D eigenvalue weighted by molar-refractivity contribution is -0.140. The first-order valence-electron chi connectivity index (χ1n) is 15.8. The number of benzene rings is 4. The van der Waals surface area contributed by atoms with Crippen LogP contribution >= 0.6 is 23.2 Å². The number of nitrogens with one attached hydrogen (secondary N) is 1. The molecule has 2 amide bonds. The second kappa shape index (κ2) is 15.6. The van der Waals surface area contributed by atoms with Crippen molar-refractivity contribution in [1.82, 2.24) is 10.2 Å². The number of anilines is 1. The Morgan fingerprint density at radius 1 is 0.812 bits per heavy atom. The summed E-state index contributed by atoms with van der Waals surface area (Å²) in [6.45, 7) is 11.0. The molecule has 10 heteroatoms. The number of nitrogens with zero attached hydrogens (tertiary/aromatic N) is 2. The monoisotopic (exact) mass is 707 g/mol. The Labute approximate surface area is 294 Å². The zero-order valence-corrected chi connectivity index (χ0v) is 30.5. The van der Waals surface area contributed by atoms with Gasteiger partial charge in [-0.2, -0.15) is 0 Å². The first-order valence-corrected chi connectivity index (χ1v) is 18.0. The third-order valence-corrected chi connectivity index (χ3v) is 10.4. The molecule has 0 unspecified atom stereocenters. The lowest BCUT2D eigenvalue weighted by Gasteiger charge is -2.35. The van der Waals surface area contributed by atoms with Gasteiger partial charge in [-0.3, -0.25) is 13.9 Å². The molecule has 0 aliphatic rings. The summed E-state index contributed by atoms with van der Waals surface area (Å²) in [6.07, 6.45) is 0.198. The minimum Gasteiger partial charge on any atom is -0.350 e. The van der Waals surface area contributed by atoms with Gasteiger partial charge < -0.3 is 10.2 Å². The van der Waals surface area contributed by atoms with Crippen LogP contribution in [0.4, 0.5) is 5.69 Å². The van der Waals surface area contributed by atoms with E-state index in [2.05, 4.69) is 19.2 Å². The summed E-state index contributed by atoms with van der Waals surface area (Å²) in [4.78, 5) is 30.2. The van der Waals surface area contributed by atoms with E-state index >= 15 is 0 Å². The van der Waals surface area contributed by atoms with Crippen molar-refractivity contribution >= 4 is 50.7 Å². The molecule has 0 aliphatic carbocycles. The van der Waals surface area contributed by atoms with E-state index in [1.165, 1.54) is 17.0 Å². The predicted molar refractivity (Wildman–Crippen MR) is 195 cm³/mol. The zero-order chi connectivity index (χ0) is 35.2. The van der Waals surface area contributed by atoms with E-state index in [4.69, 9.17) is 23.2 Å². The standard InChI is InChI=1S/C38H43Cl2N3O4S/c1-26(2)30-15-17-31(18-16-30)43(48(46,47)32-19-12-27(3)13-20-32)25-36(44)42(24-29-14-21-33(39)34(40)22-29)35(37(45)41-38(4,5)6)23-28-10-8-7-9-11-28/h7-22,26,35H,23-25H2,1-6H3,(H,41,45)/t35-/m1/s1. The van der Waals surface area contributed by atoms with Gasteiger partial charge >= 0.3 is 0 Å². The van der Waals surface area contributed by atoms with Crippen LogP contribution in [0.1, 0.15) is 62.8 Å². The van der Waals surface area contributed by atoms with Gasteiger partial charge in [0.2, 0.25) is 11.8 Å². The maximum atomic E-state index is 14.7. The van der Waals surface area contributed by atoms with Gasteiger partial charge in [-0.05, 0) is 86.7 Å². The van der Waals surface area contributed by atoms with E-state index in [1.54, 1.807) is 42.5 Å². The van der Waals surface area contributed by atoms with Crippen LogP contribution in [-0.4, -0.2) is 43.3 Å². The first-order chi connectivity index (χ1) is 22.5. The number of hydrogen-bond donors (Lipinski definition) is 1. The number of amides is 2. The van der Waals surface area contributed by atoms with Crippen LogP contribution in [0.15, 0.2) is 102 Å².